The number of rotatable bonds is 6. The summed E-state index contributed by atoms with van der Waals surface area (Å²) in [7, 11) is -4.21. The molecule has 0 aliphatic rings. The molecule has 0 amide bonds. The first kappa shape index (κ1) is 18.8. The van der Waals surface area contributed by atoms with Gasteiger partial charge >= 0.3 is 7.82 Å². The summed E-state index contributed by atoms with van der Waals surface area (Å²) in [5.74, 6) is 0. The van der Waals surface area contributed by atoms with Crippen LogP contribution in [0.2, 0.25) is 0 Å². The summed E-state index contributed by atoms with van der Waals surface area (Å²) in [5, 5.41) is 25.4. The Morgan fingerprint density at radius 2 is 1.56 bits per heavy atom. The lowest BCUT2D eigenvalue weighted by molar-refractivity contribution is 0.0697. The summed E-state index contributed by atoms with van der Waals surface area (Å²) in [6.45, 7) is -1.18. The highest BCUT2D eigenvalue weighted by Gasteiger charge is 2.20. The van der Waals surface area contributed by atoms with Gasteiger partial charge in [-0.3, -0.25) is 4.52 Å². The van der Waals surface area contributed by atoms with Crippen LogP contribution in [0.25, 0.3) is 0 Å². The predicted octanol–water partition coefficient (Wildman–Crippen LogP) is -1.85. The number of nitrogens with two attached hydrogens (primary N) is 1. The third-order valence-electron chi connectivity index (χ3n) is 1.28. The number of halogens is 1. The molecule has 0 heterocycles. The molecule has 0 radical (unpaired) electrons. The molecular weight excluding hydrogens is 309 g/mol. The summed E-state index contributed by atoms with van der Waals surface area (Å²) in [6, 6.07) is 0. The van der Waals surface area contributed by atoms with E-state index < -0.39 is 33.2 Å². The van der Waals surface area contributed by atoms with Gasteiger partial charge in [0.15, 0.2) is 0 Å². The van der Waals surface area contributed by atoms with Crippen LogP contribution in [0.1, 0.15) is 0 Å². The van der Waals surface area contributed by atoms with Crippen LogP contribution in [0.4, 0.5) is 0 Å². The van der Waals surface area contributed by atoms with Gasteiger partial charge in [-0.05, 0) is 0 Å². The molecule has 100 valence electrons. The molecule has 0 unspecified atom stereocenters. The van der Waals surface area contributed by atoms with Crippen molar-refractivity contribution < 1.29 is 34.2 Å². The van der Waals surface area contributed by atoms with Crippen molar-refractivity contribution in [3.05, 3.63) is 0 Å². The van der Waals surface area contributed by atoms with Crippen molar-refractivity contribution in [2.45, 2.75) is 5.54 Å². The van der Waals surface area contributed by atoms with Crippen molar-refractivity contribution in [1.29, 1.82) is 0 Å². The van der Waals surface area contributed by atoms with E-state index in [0.717, 1.165) is 0 Å². The molecule has 0 aliphatic carbocycles. The minimum atomic E-state index is -4.21. The van der Waals surface area contributed by atoms with Gasteiger partial charge in [-0.1, -0.05) is 15.9 Å². The average Bonchev–Trinajstić information content (AvgIpc) is 2.25. The number of phosphoric ester groups is 1. The van der Waals surface area contributed by atoms with Crippen LogP contribution in [-0.2, 0) is 9.09 Å². The van der Waals surface area contributed by atoms with Crippen LogP contribution in [-0.4, -0.2) is 62.4 Å². The monoisotopic (exact) mass is 325 g/mol. The predicted molar refractivity (Wildman–Crippen MR) is 60.0 cm³/mol. The first-order valence-electron chi connectivity index (χ1n) is 4.12. The second kappa shape index (κ2) is 9.46. The second-order valence-corrected chi connectivity index (χ2v) is 4.88. The Balaban J connectivity index is 0. The van der Waals surface area contributed by atoms with Crippen LogP contribution in [0, 0.1) is 0 Å². The third kappa shape index (κ3) is 12.5. The van der Waals surface area contributed by atoms with Crippen molar-refractivity contribution in [3.63, 3.8) is 0 Å². The van der Waals surface area contributed by atoms with Crippen LogP contribution >= 0.6 is 23.8 Å². The first-order valence-corrected chi connectivity index (χ1v) is 6.77. The largest absolute Gasteiger partial charge is 0.469 e. The molecule has 0 bridgehead atoms. The fourth-order valence-electron chi connectivity index (χ4n) is 0.303. The summed E-state index contributed by atoms with van der Waals surface area (Å²) in [5.41, 5.74) is 3.94. The lowest BCUT2D eigenvalue weighted by Crippen LogP contribution is -2.50. The van der Waals surface area contributed by atoms with Gasteiger partial charge in [0, 0.05) is 5.33 Å². The Morgan fingerprint density at radius 3 is 1.62 bits per heavy atom. The molecule has 0 saturated carbocycles. The van der Waals surface area contributed by atoms with E-state index in [0.29, 0.717) is 5.33 Å². The van der Waals surface area contributed by atoms with Gasteiger partial charge < -0.3 is 30.8 Å². The maximum absolute atomic E-state index is 9.84. The molecule has 0 aliphatic heterocycles. The molecular formula is C6H17BrNO7P. The van der Waals surface area contributed by atoms with E-state index in [-0.39, 0.29) is 6.61 Å². The normalized spacial score (nSPS) is 11.9. The van der Waals surface area contributed by atoms with E-state index in [1.165, 1.54) is 0 Å². The van der Waals surface area contributed by atoms with Gasteiger partial charge in [0.05, 0.1) is 32.0 Å². The van der Waals surface area contributed by atoms with Gasteiger partial charge in [-0.25, -0.2) is 4.57 Å². The van der Waals surface area contributed by atoms with Crippen LogP contribution in [0.15, 0.2) is 0 Å². The van der Waals surface area contributed by atoms with Crippen LogP contribution in [0.3, 0.4) is 0 Å². The number of hydrogen-bond acceptors (Lipinski definition) is 6. The zero-order valence-corrected chi connectivity index (χ0v) is 11.0. The summed E-state index contributed by atoms with van der Waals surface area (Å²) in [6.07, 6.45) is 0. The van der Waals surface area contributed by atoms with Gasteiger partial charge in [-0.2, -0.15) is 0 Å². The Kier molecular flexibility index (Phi) is 11.1. The van der Waals surface area contributed by atoms with Crippen molar-refractivity contribution in [2.24, 2.45) is 5.73 Å². The van der Waals surface area contributed by atoms with Gasteiger partial charge in [0.2, 0.25) is 0 Å². The van der Waals surface area contributed by atoms with E-state index in [9.17, 15) is 4.57 Å². The molecule has 0 aromatic heterocycles. The highest BCUT2D eigenvalue weighted by molar-refractivity contribution is 9.09. The molecule has 0 fully saturated rings. The molecule has 0 aromatic rings. The minimum absolute atomic E-state index is 0.0320. The van der Waals surface area contributed by atoms with E-state index in [4.69, 9.17) is 30.8 Å². The van der Waals surface area contributed by atoms with Crippen molar-refractivity contribution in [1.82, 2.24) is 0 Å². The highest BCUT2D eigenvalue weighted by Crippen LogP contribution is 2.35. The molecule has 0 aromatic carbocycles. The number of phosphoric acid groups is 1. The molecule has 10 heteroatoms. The first-order chi connectivity index (χ1) is 7.24. The summed E-state index contributed by atoms with van der Waals surface area (Å²) >= 11 is 2.93. The number of aliphatic hydroxyl groups excluding tert-OH is 3. The van der Waals surface area contributed by atoms with Crippen LogP contribution in [0.5, 0.6) is 0 Å². The third-order valence-corrected chi connectivity index (χ3v) is 2.12. The van der Waals surface area contributed by atoms with Crippen molar-refractivity contribution in [2.75, 3.05) is 31.8 Å². The van der Waals surface area contributed by atoms with Gasteiger partial charge in [0.1, 0.15) is 0 Å². The standard InChI is InChI=1S/C4H11NO3.C2H6BrO4P/c5-4(1-6,2-7)3-8;3-1-2-7-8(4,5)6/h6-8H,1-3,5H2;1-2H2,(H2,4,5,6). The van der Waals surface area contributed by atoms with E-state index in [2.05, 4.69) is 20.5 Å². The zero-order chi connectivity index (χ0) is 13.2. The lowest BCUT2D eigenvalue weighted by atomic mass is 10.1. The molecule has 0 saturated heterocycles. The minimum Gasteiger partial charge on any atom is -0.394 e. The fraction of sp³-hybridized carbons (Fsp3) is 1.00. The van der Waals surface area contributed by atoms with Crippen molar-refractivity contribution in [3.8, 4) is 0 Å². The van der Waals surface area contributed by atoms with E-state index in [1.54, 1.807) is 0 Å². The smallest absolute Gasteiger partial charge is 0.394 e. The number of alkyl halides is 1. The second-order valence-electron chi connectivity index (χ2n) is 2.85. The summed E-state index contributed by atoms with van der Waals surface area (Å²) < 4.78 is 13.8. The Bertz CT molecular complexity index is 199. The summed E-state index contributed by atoms with van der Waals surface area (Å²) in [4.78, 5) is 16.0. The molecule has 0 atom stereocenters. The molecule has 0 rings (SSSR count). The molecule has 7 N–H and O–H groups in total. The zero-order valence-electron chi connectivity index (χ0n) is 8.49. The number of aliphatic hydroxyl groups is 3. The van der Waals surface area contributed by atoms with Gasteiger partial charge in [-0.15, -0.1) is 0 Å². The highest BCUT2D eigenvalue weighted by atomic mass is 79.9. The molecule has 8 nitrogen and oxygen atoms in total. The Hall–Kier alpha value is 0.430. The van der Waals surface area contributed by atoms with E-state index in [1.807, 2.05) is 0 Å². The van der Waals surface area contributed by atoms with Crippen molar-refractivity contribution >= 4 is 23.8 Å². The SMILES string of the molecule is NC(CO)(CO)CO.O=P(O)(O)OCCBr. The Labute approximate surface area is 101 Å². The van der Waals surface area contributed by atoms with Crippen LogP contribution < -0.4 is 5.73 Å². The topological polar surface area (TPSA) is 153 Å². The molecule has 16 heavy (non-hydrogen) atoms. The number of hydrogen-bond donors (Lipinski definition) is 6. The van der Waals surface area contributed by atoms with Gasteiger partial charge in [0.25, 0.3) is 0 Å². The molecule has 0 spiro atoms. The fourth-order valence-corrected chi connectivity index (χ4v) is 1.04. The average molecular weight is 326 g/mol. The lowest BCUT2D eigenvalue weighted by Gasteiger charge is -2.20. The quantitative estimate of drug-likeness (QED) is 0.246. The Morgan fingerprint density at radius 1 is 1.19 bits per heavy atom. The van der Waals surface area contributed by atoms with E-state index >= 15 is 0 Å². The maximum Gasteiger partial charge on any atom is 0.469 e. The maximum atomic E-state index is 9.84.